The van der Waals surface area contributed by atoms with Crippen LogP contribution < -0.4 is 5.32 Å². The lowest BCUT2D eigenvalue weighted by Gasteiger charge is -2.30. The molecular weight excluding hydrogens is 555 g/mol. The molecule has 1 fully saturated rings. The number of benzene rings is 2. The summed E-state index contributed by atoms with van der Waals surface area (Å²) >= 11 is 0. The molecular formula is C27H29B2F3N4O4S. The first-order chi connectivity index (χ1) is 19.3. The topological polar surface area (TPSA) is 106 Å². The van der Waals surface area contributed by atoms with Gasteiger partial charge in [-0.1, -0.05) is 19.1 Å². The van der Waals surface area contributed by atoms with Gasteiger partial charge in [-0.05, 0) is 60.9 Å². The third-order valence-electron chi connectivity index (χ3n) is 7.61. The van der Waals surface area contributed by atoms with E-state index in [0.717, 1.165) is 35.3 Å². The van der Waals surface area contributed by atoms with Gasteiger partial charge >= 0.3 is 6.18 Å². The molecule has 1 amide bonds. The minimum Gasteiger partial charge on any atom is -0.394 e. The van der Waals surface area contributed by atoms with Gasteiger partial charge in [-0.25, -0.2) is 8.42 Å². The number of hydrogen-bond acceptors (Lipinski definition) is 5. The Morgan fingerprint density at radius 3 is 2.37 bits per heavy atom. The Balaban J connectivity index is 1.46. The zero-order chi connectivity index (χ0) is 29.7. The second-order valence-electron chi connectivity index (χ2n) is 10.8. The van der Waals surface area contributed by atoms with Crippen molar-refractivity contribution in [3.8, 4) is 0 Å². The normalized spacial score (nSPS) is 15.2. The number of alkyl halides is 3. The smallest absolute Gasteiger partial charge is 0.394 e. The molecule has 1 aliphatic rings. The Labute approximate surface area is 237 Å². The van der Waals surface area contributed by atoms with Crippen LogP contribution in [0, 0.1) is 0 Å². The number of hydrogen-bond donors (Lipinski definition) is 2. The summed E-state index contributed by atoms with van der Waals surface area (Å²) in [6, 6.07) is 13.3. The first kappa shape index (κ1) is 29.0. The number of rotatable bonds is 9. The van der Waals surface area contributed by atoms with Crippen molar-refractivity contribution >= 4 is 42.3 Å². The van der Waals surface area contributed by atoms with E-state index in [1.807, 2.05) is 10.6 Å². The summed E-state index contributed by atoms with van der Waals surface area (Å²) in [6.07, 6.45) is -1.62. The molecule has 5 rings (SSSR count). The monoisotopic (exact) mass is 584 g/mol. The highest BCUT2D eigenvalue weighted by Crippen LogP contribution is 2.43. The van der Waals surface area contributed by atoms with Gasteiger partial charge in [0.1, 0.15) is 21.4 Å². The Morgan fingerprint density at radius 1 is 1.10 bits per heavy atom. The predicted molar refractivity (Wildman–Crippen MR) is 153 cm³/mol. The molecule has 0 radical (unpaired) electrons. The lowest BCUT2D eigenvalue weighted by Crippen LogP contribution is -2.41. The maximum Gasteiger partial charge on any atom is 0.433 e. The molecule has 41 heavy (non-hydrogen) atoms. The molecule has 1 saturated carbocycles. The summed E-state index contributed by atoms with van der Waals surface area (Å²) in [5.41, 5.74) is 1.47. The largest absolute Gasteiger partial charge is 0.433 e. The molecule has 0 unspecified atom stereocenters. The lowest BCUT2D eigenvalue weighted by atomic mass is 9.59. The van der Waals surface area contributed by atoms with Gasteiger partial charge in [0.15, 0.2) is 9.84 Å². The van der Waals surface area contributed by atoms with Gasteiger partial charge < -0.3 is 15.0 Å². The Kier molecular flexibility index (Phi) is 7.35. The number of nitrogens with one attached hydrogen (secondary N) is 1. The van der Waals surface area contributed by atoms with E-state index in [2.05, 4.69) is 10.4 Å². The van der Waals surface area contributed by atoms with Crippen LogP contribution in [0.25, 0.3) is 10.9 Å². The van der Waals surface area contributed by atoms with Crippen LogP contribution in [-0.4, -0.2) is 61.8 Å². The first-order valence-corrected chi connectivity index (χ1v) is 14.9. The summed E-state index contributed by atoms with van der Waals surface area (Å²) < 4.78 is 68.5. The van der Waals surface area contributed by atoms with Crippen molar-refractivity contribution < 1.29 is 31.5 Å². The number of fused-ring (bicyclic) bond motifs is 1. The molecule has 214 valence electrons. The standard InChI is InChI=1S/C27H29B2F3N4O4S/c1-2-41(39,40)20-8-3-16(4-9-20)21(15-37)34-25(38)17-5-10-22-18(13-17)14-24(35(22)19-6-7-19)26(28,29)36-23(11-12-33-36)27(30,31)32/h3-5,8-14,19,21,37H,2,6-7,15,28-29H2,1H3,(H,34,38)/t21-/m0/s1. The molecule has 0 spiro atoms. The van der Waals surface area contributed by atoms with Crippen LogP contribution in [0.15, 0.2) is 65.7 Å². The van der Waals surface area contributed by atoms with Gasteiger partial charge in [-0.15, -0.1) is 0 Å². The van der Waals surface area contributed by atoms with E-state index < -0.39 is 45.6 Å². The summed E-state index contributed by atoms with van der Waals surface area (Å²) in [5.74, 6) is -0.496. The third-order valence-corrected chi connectivity index (χ3v) is 9.36. The second kappa shape index (κ2) is 10.4. The summed E-state index contributed by atoms with van der Waals surface area (Å²) in [4.78, 5) is 13.4. The number of nitrogens with zero attached hydrogens (tertiary/aromatic N) is 3. The molecule has 2 N–H and O–H groups in total. The highest BCUT2D eigenvalue weighted by molar-refractivity contribution is 7.91. The van der Waals surface area contributed by atoms with Crippen LogP contribution in [0.2, 0.25) is 0 Å². The van der Waals surface area contributed by atoms with Crippen molar-refractivity contribution in [3.05, 3.63) is 83.3 Å². The molecule has 0 saturated heterocycles. The fraction of sp³-hybridized carbons (Fsp3) is 0.333. The molecule has 8 nitrogen and oxygen atoms in total. The number of carbonyl (C=O) groups is 1. The zero-order valence-corrected chi connectivity index (χ0v) is 23.6. The number of aliphatic hydroxyl groups is 1. The molecule has 1 atom stereocenters. The van der Waals surface area contributed by atoms with E-state index in [1.54, 1.807) is 52.9 Å². The molecule has 0 aliphatic heterocycles. The number of sulfone groups is 1. The molecule has 1 aliphatic carbocycles. The lowest BCUT2D eigenvalue weighted by molar-refractivity contribution is -0.144. The number of aliphatic hydroxyl groups excluding tert-OH is 1. The highest BCUT2D eigenvalue weighted by Gasteiger charge is 2.41. The van der Waals surface area contributed by atoms with Crippen LogP contribution in [0.4, 0.5) is 13.2 Å². The second-order valence-corrected chi connectivity index (χ2v) is 13.0. The summed E-state index contributed by atoms with van der Waals surface area (Å²) in [7, 11) is 0.00123. The van der Waals surface area contributed by atoms with Crippen LogP contribution in [-0.2, 0) is 21.4 Å². The molecule has 2 heterocycles. The SMILES string of the molecule is BC(B)(c1cc2cc(C(=O)N[C@@H](CO)c3ccc(S(=O)(=O)CC)cc3)ccc2n1C1CC1)n1nccc1C(F)(F)F. The molecule has 2 aromatic heterocycles. The van der Waals surface area contributed by atoms with Gasteiger partial charge in [0.2, 0.25) is 0 Å². The Hall–Kier alpha value is -3.51. The van der Waals surface area contributed by atoms with Crippen LogP contribution in [0.1, 0.15) is 59.2 Å². The van der Waals surface area contributed by atoms with Gasteiger partial charge in [0.25, 0.3) is 5.91 Å². The molecule has 2 aromatic carbocycles. The van der Waals surface area contributed by atoms with Gasteiger partial charge in [-0.3, -0.25) is 9.48 Å². The minimum absolute atomic E-state index is 0.0399. The van der Waals surface area contributed by atoms with E-state index in [1.165, 1.54) is 12.1 Å². The quantitative estimate of drug-likeness (QED) is 0.294. The third kappa shape index (κ3) is 5.42. The average molecular weight is 584 g/mol. The van der Waals surface area contributed by atoms with Crippen molar-refractivity contribution in [1.29, 1.82) is 0 Å². The number of amides is 1. The van der Waals surface area contributed by atoms with E-state index in [-0.39, 0.29) is 16.7 Å². The van der Waals surface area contributed by atoms with E-state index >= 15 is 0 Å². The van der Waals surface area contributed by atoms with Gasteiger partial charge in [0.05, 0.1) is 23.3 Å². The number of halogens is 3. The highest BCUT2D eigenvalue weighted by atomic mass is 32.2. The van der Waals surface area contributed by atoms with Crippen molar-refractivity contribution in [2.75, 3.05) is 12.4 Å². The maximum absolute atomic E-state index is 13.7. The average Bonchev–Trinajstić information content (AvgIpc) is 3.48. The molecule has 14 heteroatoms. The van der Waals surface area contributed by atoms with E-state index in [4.69, 9.17) is 0 Å². The minimum atomic E-state index is -4.57. The Morgan fingerprint density at radius 2 is 1.78 bits per heavy atom. The number of carbonyl (C=O) groups excluding carboxylic acids is 1. The van der Waals surface area contributed by atoms with Gasteiger partial charge in [-0.2, -0.15) is 18.3 Å². The van der Waals surface area contributed by atoms with E-state index in [0.29, 0.717) is 22.2 Å². The van der Waals surface area contributed by atoms with Crippen molar-refractivity contribution in [3.63, 3.8) is 0 Å². The molecule has 4 aromatic rings. The Bertz CT molecular complexity index is 1710. The summed E-state index contributed by atoms with van der Waals surface area (Å²) in [6.45, 7) is 1.15. The van der Waals surface area contributed by atoms with Gasteiger partial charge in [0, 0.05) is 39.7 Å². The van der Waals surface area contributed by atoms with Crippen molar-refractivity contribution in [1.82, 2.24) is 19.7 Å². The number of aromatic nitrogens is 3. The first-order valence-electron chi connectivity index (χ1n) is 13.3. The van der Waals surface area contributed by atoms with Crippen molar-refractivity contribution in [2.24, 2.45) is 0 Å². The van der Waals surface area contributed by atoms with Crippen LogP contribution >= 0.6 is 0 Å². The van der Waals surface area contributed by atoms with Crippen LogP contribution in [0.3, 0.4) is 0 Å². The summed E-state index contributed by atoms with van der Waals surface area (Å²) in [5, 5.41) is 16.3. The fourth-order valence-electron chi connectivity index (χ4n) is 5.20. The predicted octanol–water partition coefficient (Wildman–Crippen LogP) is 2.37. The van der Waals surface area contributed by atoms with Crippen LogP contribution in [0.5, 0.6) is 0 Å². The fourth-order valence-corrected chi connectivity index (χ4v) is 6.08. The molecule has 0 bridgehead atoms. The zero-order valence-electron chi connectivity index (χ0n) is 22.8. The van der Waals surface area contributed by atoms with E-state index in [9.17, 15) is 31.5 Å². The van der Waals surface area contributed by atoms with Crippen molar-refractivity contribution in [2.45, 2.75) is 48.3 Å². The maximum atomic E-state index is 13.7.